The molecule has 36 heavy (non-hydrogen) atoms. The van der Waals surface area contributed by atoms with Crippen LogP contribution in [-0.4, -0.2) is 68.1 Å². The number of rotatable bonds is 6. The second kappa shape index (κ2) is 8.23. The van der Waals surface area contributed by atoms with Crippen molar-refractivity contribution in [3.05, 3.63) is 23.8 Å². The summed E-state index contributed by atoms with van der Waals surface area (Å²) in [6.07, 6.45) is -11.4. The van der Waals surface area contributed by atoms with Gasteiger partial charge in [-0.2, -0.15) is 26.3 Å². The molecule has 1 saturated carbocycles. The number of nitrogens with one attached hydrogen (secondary N) is 1. The van der Waals surface area contributed by atoms with Crippen molar-refractivity contribution < 1.29 is 49.1 Å². The van der Waals surface area contributed by atoms with E-state index in [1.807, 2.05) is 0 Å². The van der Waals surface area contributed by atoms with E-state index >= 15 is 0 Å². The summed E-state index contributed by atoms with van der Waals surface area (Å²) in [4.78, 5) is 22.7. The first kappa shape index (κ1) is 26.5. The van der Waals surface area contributed by atoms with E-state index in [2.05, 4.69) is 15.3 Å². The zero-order valence-electron chi connectivity index (χ0n) is 19.3. The molecule has 4 atom stereocenters. The lowest BCUT2D eigenvalue weighted by Crippen LogP contribution is -2.48. The van der Waals surface area contributed by atoms with Crippen LogP contribution < -0.4 is 10.2 Å². The lowest BCUT2D eigenvalue weighted by Gasteiger charge is -2.31. The molecule has 1 aromatic carbocycles. The number of sulfone groups is 1. The fraction of sp³-hybridized carbons (Fsp3) is 0.619. The second-order valence-corrected chi connectivity index (χ2v) is 11.6. The molecule has 1 aromatic rings. The number of fused-ring (bicyclic) bond motifs is 1. The molecule has 0 aromatic heterocycles. The van der Waals surface area contributed by atoms with Gasteiger partial charge in [-0.25, -0.2) is 13.4 Å². The Morgan fingerprint density at radius 1 is 1.31 bits per heavy atom. The van der Waals surface area contributed by atoms with Gasteiger partial charge in [-0.1, -0.05) is 6.92 Å². The average Bonchev–Trinajstić information content (AvgIpc) is 3.13. The van der Waals surface area contributed by atoms with Crippen LogP contribution in [0.4, 0.5) is 26.3 Å². The molecule has 0 radical (unpaired) electrons. The van der Waals surface area contributed by atoms with Gasteiger partial charge in [-0.05, 0) is 44.4 Å². The predicted octanol–water partition coefficient (Wildman–Crippen LogP) is 3.48. The van der Waals surface area contributed by atoms with E-state index in [1.165, 1.54) is 18.7 Å². The quantitative estimate of drug-likeness (QED) is 0.552. The molecule has 1 N–H and O–H groups in total. The van der Waals surface area contributed by atoms with E-state index in [4.69, 9.17) is 4.74 Å². The highest BCUT2D eigenvalue weighted by Crippen LogP contribution is 2.65. The number of hydrogen-bond acceptors (Lipinski definition) is 7. The van der Waals surface area contributed by atoms with Crippen LogP contribution in [-0.2, 0) is 14.7 Å². The number of amides is 1. The highest BCUT2D eigenvalue weighted by atomic mass is 32.2. The molecule has 0 spiro atoms. The largest absolute Gasteiger partial charge is 0.480 e. The molecule has 2 aliphatic heterocycles. The van der Waals surface area contributed by atoms with E-state index < -0.39 is 62.5 Å². The third kappa shape index (κ3) is 4.40. The van der Waals surface area contributed by atoms with E-state index in [9.17, 15) is 39.6 Å². The van der Waals surface area contributed by atoms with Gasteiger partial charge in [0.15, 0.2) is 21.6 Å². The standard InChI is InChI=1S/C21H23F6N3O5S/c1-4-36(32,33)13-5-6-15(34-11(2)20(22,23)24)14(7-13)16(31)30-9-12-8-19(12,10-30)18(3)28-17(35-29-18)21(25,26)27/h5-7,11-12,29H,4,8-10H2,1-3H3/t11-,12?,18?,19?/m1/s1. The summed E-state index contributed by atoms with van der Waals surface area (Å²) in [7, 11) is -3.81. The topological polar surface area (TPSA) is 97.3 Å². The van der Waals surface area contributed by atoms with Crippen molar-refractivity contribution in [2.24, 2.45) is 16.3 Å². The first-order chi connectivity index (χ1) is 16.4. The number of ether oxygens (including phenoxy) is 1. The van der Waals surface area contributed by atoms with E-state index in [1.54, 1.807) is 0 Å². The highest BCUT2D eigenvalue weighted by molar-refractivity contribution is 7.91. The number of halogens is 6. The van der Waals surface area contributed by atoms with Crippen LogP contribution in [0.15, 0.2) is 28.1 Å². The Bertz CT molecular complexity index is 1220. The third-order valence-corrected chi connectivity index (χ3v) is 8.73. The fourth-order valence-corrected chi connectivity index (χ4v) is 5.59. The summed E-state index contributed by atoms with van der Waals surface area (Å²) >= 11 is 0. The summed E-state index contributed by atoms with van der Waals surface area (Å²) < 4.78 is 108. The predicted molar refractivity (Wildman–Crippen MR) is 113 cm³/mol. The van der Waals surface area contributed by atoms with Crippen molar-refractivity contribution >= 4 is 21.6 Å². The van der Waals surface area contributed by atoms with Crippen LogP contribution >= 0.6 is 0 Å². The summed E-state index contributed by atoms with van der Waals surface area (Å²) in [5.41, 5.74) is -0.469. The monoisotopic (exact) mass is 543 g/mol. The molecule has 2 fully saturated rings. The van der Waals surface area contributed by atoms with Gasteiger partial charge in [0.25, 0.3) is 5.91 Å². The SMILES string of the molecule is CCS(=O)(=O)c1ccc(O[C@H](C)C(F)(F)F)c(C(=O)N2CC3CC3(C3(C)N=C(C(F)(F)F)ON3)C2)c1. The molecule has 1 aliphatic carbocycles. The Kier molecular flexibility index (Phi) is 6.06. The molecule has 1 amide bonds. The lowest BCUT2D eigenvalue weighted by atomic mass is 9.90. The zero-order valence-corrected chi connectivity index (χ0v) is 20.1. The smallest absolute Gasteiger partial charge is 0.470 e. The van der Waals surface area contributed by atoms with Gasteiger partial charge in [-0.15, -0.1) is 5.48 Å². The molecular formula is C21H23F6N3O5S. The molecule has 4 rings (SSSR count). The van der Waals surface area contributed by atoms with E-state index in [-0.39, 0.29) is 29.7 Å². The van der Waals surface area contributed by atoms with Gasteiger partial charge in [0.2, 0.25) is 0 Å². The van der Waals surface area contributed by atoms with Crippen molar-refractivity contribution in [1.82, 2.24) is 10.4 Å². The number of alkyl halides is 6. The number of hydrogen-bond donors (Lipinski definition) is 1. The van der Waals surface area contributed by atoms with E-state index in [0.29, 0.717) is 6.42 Å². The molecule has 3 unspecified atom stereocenters. The molecule has 15 heteroatoms. The van der Waals surface area contributed by atoms with Crippen molar-refractivity contribution in [3.8, 4) is 5.75 Å². The molecule has 200 valence electrons. The summed E-state index contributed by atoms with van der Waals surface area (Å²) in [5.74, 6) is -3.26. The average molecular weight is 543 g/mol. The fourth-order valence-electron chi connectivity index (χ4n) is 4.69. The van der Waals surface area contributed by atoms with Gasteiger partial charge < -0.3 is 14.5 Å². The van der Waals surface area contributed by atoms with Crippen LogP contribution in [0.1, 0.15) is 37.6 Å². The number of carbonyl (C=O) groups is 1. The van der Waals surface area contributed by atoms with Gasteiger partial charge in [0, 0.05) is 18.5 Å². The van der Waals surface area contributed by atoms with Crippen LogP contribution in [0.25, 0.3) is 0 Å². The Morgan fingerprint density at radius 3 is 2.53 bits per heavy atom. The molecule has 2 heterocycles. The van der Waals surface area contributed by atoms with Crippen molar-refractivity contribution in [3.63, 3.8) is 0 Å². The first-order valence-electron chi connectivity index (χ1n) is 10.9. The van der Waals surface area contributed by atoms with Crippen LogP contribution in [0.3, 0.4) is 0 Å². The van der Waals surface area contributed by atoms with Crippen molar-refractivity contribution in [1.29, 1.82) is 0 Å². The first-order valence-corrected chi connectivity index (χ1v) is 12.6. The lowest BCUT2D eigenvalue weighted by molar-refractivity contribution is -0.189. The van der Waals surface area contributed by atoms with Crippen molar-refractivity contribution in [2.75, 3.05) is 18.8 Å². The van der Waals surface area contributed by atoms with E-state index in [0.717, 1.165) is 25.1 Å². The Hall–Kier alpha value is -2.55. The second-order valence-electron chi connectivity index (χ2n) is 9.30. The number of benzene rings is 1. The minimum Gasteiger partial charge on any atom is -0.480 e. The maximum Gasteiger partial charge on any atom is 0.470 e. The van der Waals surface area contributed by atoms with Crippen LogP contribution in [0, 0.1) is 11.3 Å². The maximum atomic E-state index is 13.4. The highest BCUT2D eigenvalue weighted by Gasteiger charge is 2.72. The van der Waals surface area contributed by atoms with Crippen LogP contribution in [0.2, 0.25) is 0 Å². The van der Waals surface area contributed by atoms with Gasteiger partial charge in [0.1, 0.15) is 5.75 Å². The number of hydroxylamine groups is 1. The molecule has 1 saturated heterocycles. The Labute approximate surface area is 202 Å². The zero-order chi connectivity index (χ0) is 26.9. The summed E-state index contributed by atoms with van der Waals surface area (Å²) in [6.45, 7) is 3.54. The third-order valence-electron chi connectivity index (χ3n) is 7.00. The van der Waals surface area contributed by atoms with Crippen molar-refractivity contribution in [2.45, 2.75) is 56.2 Å². The Balaban J connectivity index is 1.64. The molecular weight excluding hydrogens is 520 g/mol. The minimum absolute atomic E-state index is 0.0724. The number of carbonyl (C=O) groups excluding carboxylic acids is 1. The Morgan fingerprint density at radius 2 is 1.97 bits per heavy atom. The molecule has 0 bridgehead atoms. The summed E-state index contributed by atoms with van der Waals surface area (Å²) in [6, 6.07) is 3.03. The number of nitrogens with zero attached hydrogens (tertiary/aromatic N) is 2. The minimum atomic E-state index is -4.81. The summed E-state index contributed by atoms with van der Waals surface area (Å²) in [5, 5.41) is 0. The van der Waals surface area contributed by atoms with Crippen LogP contribution in [0.5, 0.6) is 5.75 Å². The van der Waals surface area contributed by atoms with Gasteiger partial charge >= 0.3 is 18.3 Å². The molecule has 3 aliphatic rings. The number of piperidine rings is 1. The van der Waals surface area contributed by atoms with Gasteiger partial charge in [-0.3, -0.25) is 4.79 Å². The number of likely N-dealkylation sites (tertiary alicyclic amines) is 1. The number of aliphatic imine (C=N–C) groups is 1. The maximum absolute atomic E-state index is 13.4. The normalized spacial score (nSPS) is 28.9. The van der Waals surface area contributed by atoms with Gasteiger partial charge in [0.05, 0.1) is 16.2 Å². The molecule has 8 nitrogen and oxygen atoms in total.